The van der Waals surface area contributed by atoms with Crippen LogP contribution in [0.3, 0.4) is 0 Å². The van der Waals surface area contributed by atoms with Crippen LogP contribution in [0.25, 0.3) is 0 Å². The van der Waals surface area contributed by atoms with Gasteiger partial charge in [-0.25, -0.2) is 18.1 Å². The number of nitrogens with zero attached hydrogens (tertiary/aromatic N) is 2. The Bertz CT molecular complexity index is 1280. The summed E-state index contributed by atoms with van der Waals surface area (Å²) in [6.07, 6.45) is 7.78. The Hall–Kier alpha value is -2.07. The Kier molecular flexibility index (Phi) is 7.87. The number of halogens is 2. The van der Waals surface area contributed by atoms with Crippen molar-refractivity contribution >= 4 is 50.5 Å². The second-order valence-corrected chi connectivity index (χ2v) is 12.4. The first kappa shape index (κ1) is 25.0. The molecule has 0 saturated heterocycles. The first-order chi connectivity index (χ1) is 16.2. The quantitative estimate of drug-likeness (QED) is 0.395. The standard InChI is InChI=1S/C23H25Cl2N3O4S2/c1-15-26-20(23(29)27-34(30,31)22-10-9-21(25)33-22)13-28(15)12-17-7-8-18(11-19(17)24)32-14-16-5-3-2-4-6-16/h7-11,13,16H,2-6,12,14H2,1H3,(H,27,29). The maximum atomic E-state index is 12.5. The zero-order chi connectivity index (χ0) is 24.3. The van der Waals surface area contributed by atoms with Gasteiger partial charge in [0.15, 0.2) is 0 Å². The van der Waals surface area contributed by atoms with E-state index in [2.05, 4.69) is 4.98 Å². The van der Waals surface area contributed by atoms with Gasteiger partial charge in [-0.1, -0.05) is 48.5 Å². The molecular weight excluding hydrogens is 517 g/mol. The highest BCUT2D eigenvalue weighted by atomic mass is 35.5. The minimum atomic E-state index is -4.02. The summed E-state index contributed by atoms with van der Waals surface area (Å²) in [5, 5.41) is 0.553. The maximum Gasteiger partial charge on any atom is 0.285 e. The molecule has 1 aromatic carbocycles. The van der Waals surface area contributed by atoms with E-state index in [0.717, 1.165) is 22.6 Å². The van der Waals surface area contributed by atoms with Crippen LogP contribution in [0.15, 0.2) is 40.7 Å². The van der Waals surface area contributed by atoms with Crippen molar-refractivity contribution in [3.8, 4) is 5.75 Å². The molecule has 2 heterocycles. The summed E-state index contributed by atoms with van der Waals surface area (Å²) in [5.74, 6) is 1.07. The lowest BCUT2D eigenvalue weighted by Gasteiger charge is -2.21. The number of hydrogen-bond donors (Lipinski definition) is 1. The molecule has 1 amide bonds. The molecule has 2 aromatic heterocycles. The lowest BCUT2D eigenvalue weighted by atomic mass is 9.90. The number of aromatic nitrogens is 2. The molecule has 11 heteroatoms. The smallest absolute Gasteiger partial charge is 0.285 e. The van der Waals surface area contributed by atoms with Crippen LogP contribution in [0.1, 0.15) is 54.0 Å². The predicted molar refractivity (Wildman–Crippen MR) is 134 cm³/mol. The van der Waals surface area contributed by atoms with Gasteiger partial charge in [-0.05, 0) is 55.5 Å². The number of hydrogen-bond acceptors (Lipinski definition) is 6. The molecule has 0 radical (unpaired) electrons. The van der Waals surface area contributed by atoms with Gasteiger partial charge in [0.2, 0.25) is 0 Å². The number of amides is 1. The van der Waals surface area contributed by atoms with Gasteiger partial charge < -0.3 is 9.30 Å². The topological polar surface area (TPSA) is 90.3 Å². The van der Waals surface area contributed by atoms with Gasteiger partial charge in [-0.15, -0.1) is 11.3 Å². The van der Waals surface area contributed by atoms with Crippen molar-refractivity contribution < 1.29 is 17.9 Å². The molecule has 1 fully saturated rings. The van der Waals surface area contributed by atoms with Gasteiger partial charge in [0.1, 0.15) is 21.5 Å². The van der Waals surface area contributed by atoms with Crippen molar-refractivity contribution in [1.82, 2.24) is 14.3 Å². The van der Waals surface area contributed by atoms with Crippen molar-refractivity contribution in [2.75, 3.05) is 6.61 Å². The Morgan fingerprint density at radius 1 is 1.21 bits per heavy atom. The lowest BCUT2D eigenvalue weighted by Crippen LogP contribution is -2.30. The van der Waals surface area contributed by atoms with Crippen molar-refractivity contribution in [2.24, 2.45) is 5.92 Å². The molecule has 182 valence electrons. The average Bonchev–Trinajstić information content (AvgIpc) is 3.41. The summed E-state index contributed by atoms with van der Waals surface area (Å²) in [4.78, 5) is 16.7. The number of nitrogens with one attached hydrogen (secondary N) is 1. The summed E-state index contributed by atoms with van der Waals surface area (Å²) in [6.45, 7) is 2.82. The monoisotopic (exact) mass is 541 g/mol. The lowest BCUT2D eigenvalue weighted by molar-refractivity contribution is 0.0977. The molecule has 0 atom stereocenters. The minimum absolute atomic E-state index is 0.00714. The number of sulfonamides is 1. The number of rotatable bonds is 8. The van der Waals surface area contributed by atoms with Gasteiger partial charge in [-0.3, -0.25) is 4.79 Å². The van der Waals surface area contributed by atoms with Gasteiger partial charge in [0, 0.05) is 11.2 Å². The highest BCUT2D eigenvalue weighted by molar-refractivity contribution is 7.92. The van der Waals surface area contributed by atoms with E-state index in [0.29, 0.717) is 34.3 Å². The van der Waals surface area contributed by atoms with Crippen LogP contribution in [0.4, 0.5) is 0 Å². The van der Waals surface area contributed by atoms with Crippen molar-refractivity contribution in [1.29, 1.82) is 0 Å². The van der Waals surface area contributed by atoms with E-state index in [1.165, 1.54) is 50.4 Å². The van der Waals surface area contributed by atoms with Gasteiger partial charge in [0.05, 0.1) is 17.5 Å². The van der Waals surface area contributed by atoms with Crippen molar-refractivity contribution in [2.45, 2.75) is 49.8 Å². The zero-order valence-electron chi connectivity index (χ0n) is 18.6. The highest BCUT2D eigenvalue weighted by Crippen LogP contribution is 2.28. The second-order valence-electron chi connectivity index (χ2n) is 8.36. The van der Waals surface area contributed by atoms with Crippen LogP contribution in [0.5, 0.6) is 5.75 Å². The Morgan fingerprint density at radius 2 is 1.97 bits per heavy atom. The van der Waals surface area contributed by atoms with E-state index in [1.54, 1.807) is 17.6 Å². The molecule has 0 spiro atoms. The summed E-state index contributed by atoms with van der Waals surface area (Å²) < 4.78 is 34.8. The van der Waals surface area contributed by atoms with Gasteiger partial charge in [-0.2, -0.15) is 0 Å². The average molecular weight is 543 g/mol. The number of imidazole rings is 1. The number of carbonyl (C=O) groups excluding carboxylic acids is 1. The molecule has 0 bridgehead atoms. The summed E-state index contributed by atoms with van der Waals surface area (Å²) in [6, 6.07) is 8.39. The molecule has 1 saturated carbocycles. The third kappa shape index (κ3) is 6.13. The normalized spacial score (nSPS) is 14.8. The Morgan fingerprint density at radius 3 is 2.65 bits per heavy atom. The SMILES string of the molecule is Cc1nc(C(=O)NS(=O)(=O)c2ccc(Cl)s2)cn1Cc1ccc(OCC2CCCCC2)cc1Cl. The Balaban J connectivity index is 1.40. The molecule has 4 rings (SSSR count). The molecule has 34 heavy (non-hydrogen) atoms. The largest absolute Gasteiger partial charge is 0.493 e. The summed E-state index contributed by atoms with van der Waals surface area (Å²) in [5.41, 5.74) is 0.826. The van der Waals surface area contributed by atoms with Crippen molar-refractivity contribution in [3.05, 3.63) is 63.0 Å². The molecule has 1 N–H and O–H groups in total. The maximum absolute atomic E-state index is 12.5. The molecule has 0 unspecified atom stereocenters. The molecule has 1 aliphatic carbocycles. The molecule has 0 aliphatic heterocycles. The van der Waals surface area contributed by atoms with E-state index in [1.807, 2.05) is 16.9 Å². The molecule has 1 aliphatic rings. The van der Waals surface area contributed by atoms with Crippen molar-refractivity contribution in [3.63, 3.8) is 0 Å². The minimum Gasteiger partial charge on any atom is -0.493 e. The zero-order valence-corrected chi connectivity index (χ0v) is 21.7. The van der Waals surface area contributed by atoms with E-state index in [9.17, 15) is 13.2 Å². The van der Waals surface area contributed by atoms with E-state index >= 15 is 0 Å². The van der Waals surface area contributed by atoms with Gasteiger partial charge in [0.25, 0.3) is 15.9 Å². The van der Waals surface area contributed by atoms with Crippen LogP contribution >= 0.6 is 34.5 Å². The fraction of sp³-hybridized carbons (Fsp3) is 0.391. The molecule has 3 aromatic rings. The van der Waals surface area contributed by atoms with Crippen LogP contribution in [0, 0.1) is 12.8 Å². The first-order valence-corrected chi connectivity index (χ1v) is 14.0. The van der Waals surface area contributed by atoms with Crippen LogP contribution < -0.4 is 9.46 Å². The Labute approximate surface area is 213 Å². The number of ether oxygens (including phenoxy) is 1. The second kappa shape index (κ2) is 10.7. The van der Waals surface area contributed by atoms with E-state index in [4.69, 9.17) is 27.9 Å². The number of aryl methyl sites for hydroxylation is 1. The van der Waals surface area contributed by atoms with E-state index in [-0.39, 0.29) is 9.90 Å². The highest BCUT2D eigenvalue weighted by Gasteiger charge is 2.23. The number of benzene rings is 1. The van der Waals surface area contributed by atoms with Crippen LogP contribution in [-0.4, -0.2) is 30.5 Å². The van der Waals surface area contributed by atoms with Gasteiger partial charge >= 0.3 is 0 Å². The summed E-state index contributed by atoms with van der Waals surface area (Å²) >= 11 is 13.2. The molecular formula is C23H25Cl2N3O4S2. The molecule has 7 nitrogen and oxygen atoms in total. The third-order valence-corrected chi connectivity index (χ3v) is 9.23. The predicted octanol–water partition coefficient (Wildman–Crippen LogP) is 5.69. The number of carbonyl (C=O) groups is 1. The number of thiophene rings is 1. The van der Waals surface area contributed by atoms with Crippen LogP contribution in [0.2, 0.25) is 9.36 Å². The summed E-state index contributed by atoms with van der Waals surface area (Å²) in [7, 11) is -4.02. The third-order valence-electron chi connectivity index (χ3n) is 5.82. The fourth-order valence-electron chi connectivity index (χ4n) is 3.94. The van der Waals surface area contributed by atoms with E-state index < -0.39 is 15.9 Å². The first-order valence-electron chi connectivity index (χ1n) is 11.0. The van der Waals surface area contributed by atoms with Crippen LogP contribution in [-0.2, 0) is 16.6 Å². The fourth-order valence-corrected chi connectivity index (χ4v) is 6.62.